The Morgan fingerprint density at radius 2 is 0.943 bits per heavy atom. The van der Waals surface area contributed by atoms with Crippen molar-refractivity contribution in [3.63, 3.8) is 0 Å². The van der Waals surface area contributed by atoms with Crippen LogP contribution in [-0.2, 0) is 4.74 Å². The molecule has 1 nitrogen and oxygen atoms in total. The summed E-state index contributed by atoms with van der Waals surface area (Å²) < 4.78 is 5.85. The average Bonchev–Trinajstić information content (AvgIpc) is 2.87. The summed E-state index contributed by atoms with van der Waals surface area (Å²) in [4.78, 5) is 0. The summed E-state index contributed by atoms with van der Waals surface area (Å²) in [5, 5.41) is 0. The maximum Gasteiger partial charge on any atom is 0.0901 e. The van der Waals surface area contributed by atoms with Crippen LogP contribution in [0.4, 0.5) is 0 Å². The Hall–Kier alpha value is -0.980. The first-order valence-electron chi connectivity index (χ1n) is 15.9. The Balaban J connectivity index is 3.72. The lowest BCUT2D eigenvalue weighted by atomic mass is 9.94. The van der Waals surface area contributed by atoms with Crippen LogP contribution in [0.25, 0.3) is 0 Å². The fraction of sp³-hybridized carbons (Fsp3) is 0.824. The van der Waals surface area contributed by atoms with Gasteiger partial charge in [-0.25, -0.2) is 0 Å². The molecule has 1 heteroatoms. The van der Waals surface area contributed by atoms with Crippen molar-refractivity contribution in [3.8, 4) is 0 Å². The quantitative estimate of drug-likeness (QED) is 0.0604. The molecule has 1 atom stereocenters. The van der Waals surface area contributed by atoms with E-state index >= 15 is 0 Å². The predicted octanol–water partition coefficient (Wildman–Crippen LogP) is 12.3. The minimum Gasteiger partial charge on any atom is -0.501 e. The van der Waals surface area contributed by atoms with Crippen LogP contribution in [0.2, 0.25) is 0 Å². The summed E-state index contributed by atoms with van der Waals surface area (Å²) in [6, 6.07) is 0. The largest absolute Gasteiger partial charge is 0.501 e. The van der Waals surface area contributed by atoms with E-state index in [1.165, 1.54) is 135 Å². The molecule has 0 aliphatic heterocycles. The van der Waals surface area contributed by atoms with Gasteiger partial charge in [0.1, 0.15) is 0 Å². The van der Waals surface area contributed by atoms with Crippen LogP contribution < -0.4 is 0 Å². The maximum atomic E-state index is 5.85. The number of ether oxygens (including phenoxy) is 1. The zero-order valence-corrected chi connectivity index (χ0v) is 24.4. The first-order chi connectivity index (χ1) is 17.3. The third-order valence-corrected chi connectivity index (χ3v) is 7.04. The van der Waals surface area contributed by atoms with Crippen molar-refractivity contribution in [1.29, 1.82) is 0 Å². The fourth-order valence-electron chi connectivity index (χ4n) is 4.66. The van der Waals surface area contributed by atoms with E-state index in [1.54, 1.807) is 0 Å². The lowest BCUT2D eigenvalue weighted by Gasteiger charge is -2.16. The number of unbranched alkanes of at least 4 members (excludes halogenated alkanes) is 16. The highest BCUT2D eigenvalue weighted by Gasteiger charge is 2.09. The van der Waals surface area contributed by atoms with Gasteiger partial charge in [0.2, 0.25) is 0 Å². The molecule has 0 aliphatic carbocycles. The van der Waals surface area contributed by atoms with Gasteiger partial charge < -0.3 is 4.74 Å². The van der Waals surface area contributed by atoms with E-state index in [0.717, 1.165) is 25.4 Å². The first-order valence-corrected chi connectivity index (χ1v) is 15.9. The Kier molecular flexibility index (Phi) is 30.2. The standard InChI is InChI=1S/C34H64O/c1-4-7-10-12-14-16-17-18-19-20-21-22-23-25-27-29-31-34(33-35-32-9-6-3)30-28-26-24-15-13-11-8-5-2/h9,14,16,18-19,32,34H,4-8,10-13,15,17,20-31,33H2,1-3H3/b16-14-,19-18-,32-9+. The maximum absolute atomic E-state index is 5.85. The average molecular weight is 489 g/mol. The molecular weight excluding hydrogens is 424 g/mol. The minimum absolute atomic E-state index is 0.752. The van der Waals surface area contributed by atoms with Gasteiger partial charge in [0.15, 0.2) is 0 Å². The first kappa shape index (κ1) is 34.0. The van der Waals surface area contributed by atoms with Crippen LogP contribution in [0, 0.1) is 5.92 Å². The number of hydrogen-bond acceptors (Lipinski definition) is 1. The van der Waals surface area contributed by atoms with Crippen LogP contribution >= 0.6 is 0 Å². The van der Waals surface area contributed by atoms with Gasteiger partial charge in [-0.3, -0.25) is 0 Å². The monoisotopic (exact) mass is 488 g/mol. The third kappa shape index (κ3) is 29.1. The van der Waals surface area contributed by atoms with E-state index < -0.39 is 0 Å². The summed E-state index contributed by atoms with van der Waals surface area (Å²) in [7, 11) is 0. The molecule has 0 spiro atoms. The molecule has 0 aromatic carbocycles. The Labute approximate surface area is 222 Å². The van der Waals surface area contributed by atoms with Crippen molar-refractivity contribution < 1.29 is 4.74 Å². The number of rotatable bonds is 28. The van der Waals surface area contributed by atoms with Crippen molar-refractivity contribution in [2.24, 2.45) is 5.92 Å². The summed E-state index contributed by atoms with van der Waals surface area (Å²) in [5.41, 5.74) is 0. The second-order valence-corrected chi connectivity index (χ2v) is 10.6. The normalized spacial score (nSPS) is 13.0. The van der Waals surface area contributed by atoms with Gasteiger partial charge in [-0.2, -0.15) is 0 Å². The summed E-state index contributed by atoms with van der Waals surface area (Å²) in [6.45, 7) is 7.66. The van der Waals surface area contributed by atoms with Gasteiger partial charge in [0, 0.05) is 0 Å². The smallest absolute Gasteiger partial charge is 0.0901 e. The number of hydrogen-bond donors (Lipinski definition) is 0. The molecule has 0 aromatic rings. The number of allylic oxidation sites excluding steroid dienone is 5. The SMILES string of the molecule is CC/C=C/OCC(CCCCCCCC/C=C\C/C=C\CCCCC)CCCCCCCCCC. The molecule has 0 heterocycles. The van der Waals surface area contributed by atoms with Crippen LogP contribution in [0.15, 0.2) is 36.6 Å². The van der Waals surface area contributed by atoms with Crippen molar-refractivity contribution in [1.82, 2.24) is 0 Å². The highest BCUT2D eigenvalue weighted by atomic mass is 16.5. The van der Waals surface area contributed by atoms with E-state index in [9.17, 15) is 0 Å². The molecule has 0 rings (SSSR count). The van der Waals surface area contributed by atoms with Gasteiger partial charge in [-0.15, -0.1) is 0 Å². The Morgan fingerprint density at radius 3 is 1.49 bits per heavy atom. The Bertz CT molecular complexity index is 461. The van der Waals surface area contributed by atoms with Crippen molar-refractivity contribution >= 4 is 0 Å². The molecule has 0 saturated carbocycles. The van der Waals surface area contributed by atoms with Gasteiger partial charge in [0.05, 0.1) is 12.9 Å². The topological polar surface area (TPSA) is 9.23 Å². The van der Waals surface area contributed by atoms with Crippen molar-refractivity contribution in [2.45, 2.75) is 168 Å². The second-order valence-electron chi connectivity index (χ2n) is 10.6. The van der Waals surface area contributed by atoms with E-state index in [0.29, 0.717) is 0 Å². The molecule has 0 saturated heterocycles. The van der Waals surface area contributed by atoms with Crippen LogP contribution in [0.3, 0.4) is 0 Å². The molecule has 0 amide bonds. The highest BCUT2D eigenvalue weighted by Crippen LogP contribution is 2.20. The second kappa shape index (κ2) is 31.1. The third-order valence-electron chi connectivity index (χ3n) is 7.04. The molecule has 1 unspecified atom stereocenters. The molecule has 0 fully saturated rings. The molecule has 0 aromatic heterocycles. The molecule has 206 valence electrons. The fourth-order valence-corrected chi connectivity index (χ4v) is 4.66. The highest BCUT2D eigenvalue weighted by molar-refractivity contribution is 4.92. The summed E-state index contributed by atoms with van der Waals surface area (Å²) in [6.07, 6.45) is 44.6. The van der Waals surface area contributed by atoms with E-state index in [-0.39, 0.29) is 0 Å². The molecule has 0 N–H and O–H groups in total. The van der Waals surface area contributed by atoms with E-state index in [4.69, 9.17) is 4.74 Å². The van der Waals surface area contributed by atoms with Crippen LogP contribution in [-0.4, -0.2) is 6.61 Å². The van der Waals surface area contributed by atoms with Crippen LogP contribution in [0.5, 0.6) is 0 Å². The van der Waals surface area contributed by atoms with E-state index in [2.05, 4.69) is 51.2 Å². The van der Waals surface area contributed by atoms with Crippen molar-refractivity contribution in [2.75, 3.05) is 6.61 Å². The van der Waals surface area contributed by atoms with Gasteiger partial charge in [0.25, 0.3) is 0 Å². The summed E-state index contributed by atoms with van der Waals surface area (Å²) >= 11 is 0. The lowest BCUT2D eigenvalue weighted by molar-refractivity contribution is 0.176. The molecule has 0 radical (unpaired) electrons. The van der Waals surface area contributed by atoms with Crippen molar-refractivity contribution in [3.05, 3.63) is 36.6 Å². The lowest BCUT2D eigenvalue weighted by Crippen LogP contribution is -2.08. The summed E-state index contributed by atoms with van der Waals surface area (Å²) in [5.74, 6) is 0.752. The van der Waals surface area contributed by atoms with Crippen LogP contribution in [0.1, 0.15) is 168 Å². The van der Waals surface area contributed by atoms with E-state index in [1.807, 2.05) is 6.26 Å². The Morgan fingerprint density at radius 1 is 0.486 bits per heavy atom. The minimum atomic E-state index is 0.752. The van der Waals surface area contributed by atoms with Gasteiger partial charge in [-0.05, 0) is 57.3 Å². The predicted molar refractivity (Wildman–Crippen MR) is 160 cm³/mol. The zero-order valence-electron chi connectivity index (χ0n) is 24.4. The van der Waals surface area contributed by atoms with Gasteiger partial charge in [-0.1, -0.05) is 147 Å². The zero-order chi connectivity index (χ0) is 25.5. The van der Waals surface area contributed by atoms with Gasteiger partial charge >= 0.3 is 0 Å². The molecular formula is C34H64O. The molecule has 0 aliphatic rings. The molecule has 0 bridgehead atoms. The molecule has 35 heavy (non-hydrogen) atoms.